The highest BCUT2D eigenvalue weighted by molar-refractivity contribution is 6.51. The summed E-state index contributed by atoms with van der Waals surface area (Å²) in [6.07, 6.45) is 2.47. The quantitative estimate of drug-likeness (QED) is 0.240. The fraction of sp³-hybridized carbons (Fsp3) is 0.133. The van der Waals surface area contributed by atoms with Gasteiger partial charge in [0.1, 0.15) is 12.4 Å². The molecule has 0 fully saturated rings. The van der Waals surface area contributed by atoms with E-state index in [2.05, 4.69) is 10.3 Å². The molecule has 2 aromatic heterocycles. The Kier molecular flexibility index (Phi) is 6.03. The van der Waals surface area contributed by atoms with Crippen molar-refractivity contribution < 1.29 is 24.5 Å². The second-order valence-electron chi connectivity index (χ2n) is 9.24. The molecule has 0 aliphatic carbocycles. The summed E-state index contributed by atoms with van der Waals surface area (Å²) < 4.78 is 8.01. The molecule has 38 heavy (non-hydrogen) atoms. The van der Waals surface area contributed by atoms with Crippen molar-refractivity contribution in [2.75, 3.05) is 6.61 Å². The van der Waals surface area contributed by atoms with Crippen molar-refractivity contribution in [1.29, 1.82) is 0 Å². The van der Waals surface area contributed by atoms with Gasteiger partial charge in [-0.05, 0) is 23.8 Å². The van der Waals surface area contributed by atoms with Crippen molar-refractivity contribution >= 4 is 44.8 Å². The van der Waals surface area contributed by atoms with E-state index in [1.165, 1.54) is 0 Å². The van der Waals surface area contributed by atoms with Gasteiger partial charge in [0.2, 0.25) is 0 Å². The normalized spacial score (nSPS) is 14.5. The van der Waals surface area contributed by atoms with Crippen LogP contribution in [-0.4, -0.2) is 44.3 Å². The molecule has 0 bridgehead atoms. The molecular formula is C30H25N3O5. The van der Waals surface area contributed by atoms with E-state index in [0.29, 0.717) is 34.4 Å². The first kappa shape index (κ1) is 23.7. The first-order valence-electron chi connectivity index (χ1n) is 12.3. The van der Waals surface area contributed by atoms with Crippen molar-refractivity contribution in [2.45, 2.75) is 19.3 Å². The molecule has 3 aromatic carbocycles. The molecule has 1 unspecified atom stereocenters. The maximum Gasteiger partial charge on any atom is 0.259 e. The minimum Gasteiger partial charge on any atom is -0.488 e. The molecular weight excluding hydrogens is 482 g/mol. The lowest BCUT2D eigenvalue weighted by Gasteiger charge is -2.11. The molecule has 0 radical (unpaired) electrons. The van der Waals surface area contributed by atoms with E-state index in [0.717, 1.165) is 16.5 Å². The van der Waals surface area contributed by atoms with Gasteiger partial charge in [0.15, 0.2) is 0 Å². The summed E-state index contributed by atoms with van der Waals surface area (Å²) in [6, 6.07) is 22.8. The van der Waals surface area contributed by atoms with E-state index < -0.39 is 24.5 Å². The van der Waals surface area contributed by atoms with Gasteiger partial charge >= 0.3 is 0 Å². The minimum absolute atomic E-state index is 0.0976. The summed E-state index contributed by atoms with van der Waals surface area (Å²) in [7, 11) is 0. The van der Waals surface area contributed by atoms with Crippen LogP contribution in [0.1, 0.15) is 16.7 Å². The first-order valence-corrected chi connectivity index (χ1v) is 12.3. The minimum atomic E-state index is -1.01. The number of H-pyrrole nitrogens is 1. The lowest BCUT2D eigenvalue weighted by Crippen LogP contribution is -2.22. The number of hydrogen-bond donors (Lipinski definition) is 4. The summed E-state index contributed by atoms with van der Waals surface area (Å²) >= 11 is 0. The van der Waals surface area contributed by atoms with Gasteiger partial charge in [-0.25, -0.2) is 0 Å². The number of rotatable bonds is 8. The molecule has 0 saturated carbocycles. The van der Waals surface area contributed by atoms with Gasteiger partial charge in [-0.2, -0.15) is 0 Å². The number of aliphatic hydroxyl groups excluding tert-OH is 2. The SMILES string of the molecule is O=C1NC(=O)C(c2cn(CC(O)CO)c3cccc(OCc4ccccc4)c23)=C1c1c[nH]c2ccccc12. The highest BCUT2D eigenvalue weighted by Gasteiger charge is 2.35. The van der Waals surface area contributed by atoms with E-state index in [4.69, 9.17) is 4.74 Å². The number of benzene rings is 3. The third-order valence-electron chi connectivity index (χ3n) is 6.78. The third kappa shape index (κ3) is 4.06. The average molecular weight is 508 g/mol. The van der Waals surface area contributed by atoms with E-state index in [1.54, 1.807) is 17.0 Å². The molecule has 0 spiro atoms. The number of fused-ring (bicyclic) bond motifs is 2. The van der Waals surface area contributed by atoms with E-state index in [1.807, 2.05) is 72.8 Å². The lowest BCUT2D eigenvalue weighted by molar-refractivity contribution is -0.122. The van der Waals surface area contributed by atoms with Crippen molar-refractivity contribution in [3.63, 3.8) is 0 Å². The van der Waals surface area contributed by atoms with Crippen molar-refractivity contribution in [2.24, 2.45) is 0 Å². The van der Waals surface area contributed by atoms with Gasteiger partial charge in [0.25, 0.3) is 11.8 Å². The van der Waals surface area contributed by atoms with Crippen molar-refractivity contribution in [1.82, 2.24) is 14.9 Å². The Morgan fingerprint density at radius 1 is 0.868 bits per heavy atom. The summed E-state index contributed by atoms with van der Waals surface area (Å²) in [4.78, 5) is 29.6. The molecule has 3 heterocycles. The Hall–Kier alpha value is -4.66. The number of aliphatic hydroxyl groups is 2. The van der Waals surface area contributed by atoms with Crippen molar-refractivity contribution in [3.8, 4) is 5.75 Å². The molecule has 1 atom stereocenters. The predicted molar refractivity (Wildman–Crippen MR) is 144 cm³/mol. The van der Waals surface area contributed by atoms with Gasteiger partial charge in [-0.15, -0.1) is 0 Å². The second kappa shape index (κ2) is 9.66. The molecule has 8 heteroatoms. The number of carbonyl (C=O) groups excluding carboxylic acids is 2. The molecule has 6 rings (SSSR count). The lowest BCUT2D eigenvalue weighted by atomic mass is 9.95. The van der Waals surface area contributed by atoms with Gasteiger partial charge in [0.05, 0.1) is 35.9 Å². The zero-order chi connectivity index (χ0) is 26.2. The van der Waals surface area contributed by atoms with Gasteiger partial charge < -0.3 is 24.5 Å². The number of aromatic amines is 1. The number of ether oxygens (including phenoxy) is 1. The van der Waals surface area contributed by atoms with Crippen LogP contribution >= 0.6 is 0 Å². The zero-order valence-corrected chi connectivity index (χ0v) is 20.3. The van der Waals surface area contributed by atoms with Crippen LogP contribution in [-0.2, 0) is 22.7 Å². The van der Waals surface area contributed by atoms with E-state index in [-0.39, 0.29) is 17.7 Å². The molecule has 5 aromatic rings. The molecule has 4 N–H and O–H groups in total. The Morgan fingerprint density at radius 3 is 2.39 bits per heavy atom. The fourth-order valence-electron chi connectivity index (χ4n) is 5.05. The molecule has 190 valence electrons. The molecule has 8 nitrogen and oxygen atoms in total. The fourth-order valence-corrected chi connectivity index (χ4v) is 5.05. The number of amides is 2. The topological polar surface area (TPSA) is 117 Å². The summed E-state index contributed by atoms with van der Waals surface area (Å²) in [5.41, 5.74) is 4.17. The van der Waals surface area contributed by atoms with Crippen molar-refractivity contribution in [3.05, 3.63) is 102 Å². The third-order valence-corrected chi connectivity index (χ3v) is 6.78. The van der Waals surface area contributed by atoms with Crippen LogP contribution in [0.5, 0.6) is 5.75 Å². The van der Waals surface area contributed by atoms with Gasteiger partial charge in [-0.3, -0.25) is 14.9 Å². The molecule has 1 aliphatic heterocycles. The predicted octanol–water partition coefficient (Wildman–Crippen LogP) is 3.62. The number of aromatic nitrogens is 2. The van der Waals surface area contributed by atoms with Crippen LogP contribution in [0, 0.1) is 0 Å². The first-order chi connectivity index (χ1) is 18.5. The Morgan fingerprint density at radius 2 is 1.61 bits per heavy atom. The van der Waals surface area contributed by atoms with Crippen LogP contribution in [0.2, 0.25) is 0 Å². The maximum absolute atomic E-state index is 13.3. The largest absolute Gasteiger partial charge is 0.488 e. The number of para-hydroxylation sites is 1. The Labute approximate surface area is 217 Å². The van der Waals surface area contributed by atoms with Crippen LogP contribution in [0.15, 0.2) is 85.2 Å². The average Bonchev–Trinajstić information content (AvgIpc) is 3.60. The number of nitrogens with zero attached hydrogens (tertiary/aromatic N) is 1. The second-order valence-corrected chi connectivity index (χ2v) is 9.24. The van der Waals surface area contributed by atoms with Gasteiger partial charge in [0, 0.05) is 39.8 Å². The maximum atomic E-state index is 13.3. The molecule has 0 saturated heterocycles. The number of imide groups is 1. The highest BCUT2D eigenvalue weighted by atomic mass is 16.5. The van der Waals surface area contributed by atoms with E-state index >= 15 is 0 Å². The molecule has 1 aliphatic rings. The van der Waals surface area contributed by atoms with E-state index in [9.17, 15) is 19.8 Å². The summed E-state index contributed by atoms with van der Waals surface area (Å²) in [5.74, 6) is -0.444. The monoisotopic (exact) mass is 507 g/mol. The number of hydrogen-bond acceptors (Lipinski definition) is 5. The van der Waals surface area contributed by atoms with Crippen LogP contribution in [0.3, 0.4) is 0 Å². The van der Waals surface area contributed by atoms with Gasteiger partial charge in [-0.1, -0.05) is 54.6 Å². The summed E-state index contributed by atoms with van der Waals surface area (Å²) in [5, 5.41) is 23.7. The smallest absolute Gasteiger partial charge is 0.259 e. The number of carbonyl (C=O) groups is 2. The molecule has 2 amide bonds. The Bertz CT molecular complexity index is 1710. The Balaban J connectivity index is 1.57. The highest BCUT2D eigenvalue weighted by Crippen LogP contribution is 2.41. The zero-order valence-electron chi connectivity index (χ0n) is 20.3. The summed E-state index contributed by atoms with van der Waals surface area (Å²) in [6.45, 7) is -0.00875. The van der Waals surface area contributed by atoms with Crippen LogP contribution in [0.4, 0.5) is 0 Å². The standard InChI is InChI=1S/C30H25N3O5/c34-16-19(35)14-33-15-22(26-24(33)11-6-12-25(26)38-17-18-7-2-1-3-8-18)28-27(29(36)32-30(28)37)21-13-31-23-10-5-4-9-20(21)23/h1-13,15,19,31,34-35H,14,16-17H2,(H,32,36,37). The van der Waals surface area contributed by atoms with Crippen LogP contribution < -0.4 is 10.1 Å². The van der Waals surface area contributed by atoms with Crippen LogP contribution in [0.25, 0.3) is 33.0 Å². The number of nitrogens with one attached hydrogen (secondary N) is 2.